The van der Waals surface area contributed by atoms with E-state index in [0.717, 1.165) is 54.7 Å². The Morgan fingerprint density at radius 3 is 2.52 bits per heavy atom. The van der Waals surface area contributed by atoms with Crippen molar-refractivity contribution < 1.29 is 14.3 Å². The number of amides is 1. The molecule has 2 rings (SSSR count). The fourth-order valence-corrected chi connectivity index (χ4v) is 3.73. The minimum absolute atomic E-state index is 0.0315. The molecule has 0 saturated heterocycles. The maximum Gasteiger partial charge on any atom is 0.256 e. The molecule has 1 aromatic carbocycles. The molecule has 0 aromatic heterocycles. The molecule has 3 atom stereocenters. The van der Waals surface area contributed by atoms with Crippen LogP contribution in [0.3, 0.4) is 0 Å². The second kappa shape index (κ2) is 8.22. The van der Waals surface area contributed by atoms with Crippen LogP contribution in [0, 0.1) is 19.8 Å². The summed E-state index contributed by atoms with van der Waals surface area (Å²) in [7, 11) is 1.65. The summed E-state index contributed by atoms with van der Waals surface area (Å²) in [6, 6.07) is 3.97. The van der Waals surface area contributed by atoms with Crippen molar-refractivity contribution in [1.82, 2.24) is 0 Å². The topological polar surface area (TPSA) is 47.6 Å². The van der Waals surface area contributed by atoms with Crippen LogP contribution in [0.1, 0.15) is 64.0 Å². The van der Waals surface area contributed by atoms with Crippen molar-refractivity contribution in [2.24, 2.45) is 5.92 Å². The van der Waals surface area contributed by atoms with Crippen LogP contribution in [-0.4, -0.2) is 24.7 Å². The normalized spacial score (nSPS) is 24.6. The zero-order chi connectivity index (χ0) is 18.6. The van der Waals surface area contributed by atoms with Crippen molar-refractivity contribution >= 4 is 11.6 Å². The SMILES string of the molecule is CC[C@H](C)Oc1c(C)cc(NC(=O)[C@@]2(OC)CCC[C@@H](C)C2)cc1C. The van der Waals surface area contributed by atoms with E-state index in [1.165, 1.54) is 0 Å². The number of benzene rings is 1. The van der Waals surface area contributed by atoms with Gasteiger partial charge in [0.1, 0.15) is 11.4 Å². The van der Waals surface area contributed by atoms with Crippen LogP contribution in [-0.2, 0) is 9.53 Å². The number of anilines is 1. The number of ether oxygens (including phenoxy) is 2. The summed E-state index contributed by atoms with van der Waals surface area (Å²) in [4.78, 5) is 12.9. The Morgan fingerprint density at radius 1 is 1.36 bits per heavy atom. The van der Waals surface area contributed by atoms with E-state index in [1.807, 2.05) is 26.0 Å². The monoisotopic (exact) mass is 347 g/mol. The Hall–Kier alpha value is -1.55. The van der Waals surface area contributed by atoms with Crippen molar-refractivity contribution in [3.05, 3.63) is 23.3 Å². The lowest BCUT2D eigenvalue weighted by atomic mass is 9.78. The molecule has 0 radical (unpaired) electrons. The summed E-state index contributed by atoms with van der Waals surface area (Å²) >= 11 is 0. The van der Waals surface area contributed by atoms with Gasteiger partial charge in [-0.15, -0.1) is 0 Å². The lowest BCUT2D eigenvalue weighted by Crippen LogP contribution is -2.47. The van der Waals surface area contributed by atoms with Gasteiger partial charge in [0.05, 0.1) is 6.10 Å². The van der Waals surface area contributed by atoms with E-state index >= 15 is 0 Å². The number of rotatable bonds is 6. The van der Waals surface area contributed by atoms with Crippen molar-refractivity contribution in [3.63, 3.8) is 0 Å². The first-order valence-electron chi connectivity index (χ1n) is 9.45. The van der Waals surface area contributed by atoms with E-state index in [4.69, 9.17) is 9.47 Å². The van der Waals surface area contributed by atoms with Crippen LogP contribution >= 0.6 is 0 Å². The number of nitrogens with one attached hydrogen (secondary N) is 1. The average molecular weight is 347 g/mol. The van der Waals surface area contributed by atoms with Gasteiger partial charge < -0.3 is 14.8 Å². The fraction of sp³-hybridized carbons (Fsp3) is 0.667. The van der Waals surface area contributed by atoms with Crippen LogP contribution in [0.4, 0.5) is 5.69 Å². The van der Waals surface area contributed by atoms with Gasteiger partial charge in [-0.3, -0.25) is 4.79 Å². The summed E-state index contributed by atoms with van der Waals surface area (Å²) in [5, 5.41) is 3.08. The third-order valence-electron chi connectivity index (χ3n) is 5.37. The van der Waals surface area contributed by atoms with Gasteiger partial charge in [-0.05, 0) is 75.6 Å². The quantitative estimate of drug-likeness (QED) is 0.786. The van der Waals surface area contributed by atoms with E-state index in [9.17, 15) is 4.79 Å². The Balaban J connectivity index is 2.18. The van der Waals surface area contributed by atoms with Gasteiger partial charge in [-0.2, -0.15) is 0 Å². The highest BCUT2D eigenvalue weighted by molar-refractivity contribution is 5.97. The van der Waals surface area contributed by atoms with Gasteiger partial charge >= 0.3 is 0 Å². The maximum atomic E-state index is 12.9. The molecule has 1 amide bonds. The second-order valence-corrected chi connectivity index (χ2v) is 7.63. The molecule has 1 N–H and O–H groups in total. The van der Waals surface area contributed by atoms with Crippen LogP contribution in [0.2, 0.25) is 0 Å². The van der Waals surface area contributed by atoms with E-state index in [2.05, 4.69) is 26.1 Å². The largest absolute Gasteiger partial charge is 0.490 e. The molecule has 4 nitrogen and oxygen atoms in total. The maximum absolute atomic E-state index is 12.9. The number of hydrogen-bond donors (Lipinski definition) is 1. The van der Waals surface area contributed by atoms with Gasteiger partial charge in [0.2, 0.25) is 0 Å². The smallest absolute Gasteiger partial charge is 0.256 e. The molecule has 1 aromatic rings. The number of hydrogen-bond acceptors (Lipinski definition) is 3. The summed E-state index contributed by atoms with van der Waals surface area (Å²) in [5.41, 5.74) is 2.19. The molecular weight excluding hydrogens is 314 g/mol. The molecular formula is C21H33NO3. The number of carbonyl (C=O) groups is 1. The zero-order valence-electron chi connectivity index (χ0n) is 16.6. The molecule has 0 bridgehead atoms. The summed E-state index contributed by atoms with van der Waals surface area (Å²) in [5.74, 6) is 1.39. The highest BCUT2D eigenvalue weighted by Gasteiger charge is 2.42. The minimum Gasteiger partial charge on any atom is -0.490 e. The first kappa shape index (κ1) is 19.8. The van der Waals surface area contributed by atoms with Gasteiger partial charge in [-0.1, -0.05) is 20.3 Å². The molecule has 140 valence electrons. The summed E-state index contributed by atoms with van der Waals surface area (Å²) in [6.45, 7) is 10.4. The van der Waals surface area contributed by atoms with E-state index < -0.39 is 5.60 Å². The second-order valence-electron chi connectivity index (χ2n) is 7.63. The fourth-order valence-electron chi connectivity index (χ4n) is 3.73. The predicted molar refractivity (Wildman–Crippen MR) is 102 cm³/mol. The van der Waals surface area contributed by atoms with Crippen molar-refractivity contribution in [2.45, 2.75) is 78.4 Å². The van der Waals surface area contributed by atoms with E-state index in [1.54, 1.807) is 7.11 Å². The Labute approximate surface area is 152 Å². The average Bonchev–Trinajstić information content (AvgIpc) is 2.57. The number of carbonyl (C=O) groups excluding carboxylic acids is 1. The molecule has 0 aliphatic heterocycles. The lowest BCUT2D eigenvalue weighted by molar-refractivity contribution is -0.143. The molecule has 1 fully saturated rings. The zero-order valence-corrected chi connectivity index (χ0v) is 16.6. The Kier molecular flexibility index (Phi) is 6.50. The molecule has 0 unspecified atom stereocenters. The molecule has 0 spiro atoms. The number of methoxy groups -OCH3 is 1. The lowest BCUT2D eigenvalue weighted by Gasteiger charge is -2.37. The third-order valence-corrected chi connectivity index (χ3v) is 5.37. The Morgan fingerprint density at radius 2 is 2.00 bits per heavy atom. The highest BCUT2D eigenvalue weighted by atomic mass is 16.5. The van der Waals surface area contributed by atoms with Crippen molar-refractivity contribution in [3.8, 4) is 5.75 Å². The molecule has 0 heterocycles. The van der Waals surface area contributed by atoms with Gasteiger partial charge in [-0.25, -0.2) is 0 Å². The summed E-state index contributed by atoms with van der Waals surface area (Å²) < 4.78 is 11.7. The van der Waals surface area contributed by atoms with Crippen LogP contribution < -0.4 is 10.1 Å². The first-order chi connectivity index (χ1) is 11.8. The molecule has 1 aliphatic carbocycles. The van der Waals surface area contributed by atoms with E-state index in [-0.39, 0.29) is 12.0 Å². The van der Waals surface area contributed by atoms with Gasteiger partial charge in [0.25, 0.3) is 5.91 Å². The van der Waals surface area contributed by atoms with Crippen molar-refractivity contribution in [2.75, 3.05) is 12.4 Å². The molecule has 25 heavy (non-hydrogen) atoms. The molecule has 4 heteroatoms. The van der Waals surface area contributed by atoms with Crippen molar-refractivity contribution in [1.29, 1.82) is 0 Å². The minimum atomic E-state index is -0.703. The molecule has 1 saturated carbocycles. The number of aryl methyl sites for hydroxylation is 2. The Bertz CT molecular complexity index is 590. The van der Waals surface area contributed by atoms with Gasteiger partial charge in [0, 0.05) is 12.8 Å². The first-order valence-corrected chi connectivity index (χ1v) is 9.45. The summed E-state index contributed by atoms with van der Waals surface area (Å²) in [6.07, 6.45) is 4.90. The van der Waals surface area contributed by atoms with Gasteiger partial charge in [0.15, 0.2) is 0 Å². The van der Waals surface area contributed by atoms with Crippen LogP contribution in [0.5, 0.6) is 5.75 Å². The highest BCUT2D eigenvalue weighted by Crippen LogP contribution is 2.36. The van der Waals surface area contributed by atoms with Crippen LogP contribution in [0.25, 0.3) is 0 Å². The van der Waals surface area contributed by atoms with E-state index in [0.29, 0.717) is 5.92 Å². The predicted octanol–water partition coefficient (Wildman–Crippen LogP) is 5.01. The molecule has 1 aliphatic rings. The third kappa shape index (κ3) is 4.55. The van der Waals surface area contributed by atoms with Crippen LogP contribution in [0.15, 0.2) is 12.1 Å². The standard InChI is InChI=1S/C21H33NO3/c1-7-17(5)25-19-15(3)11-18(12-16(19)4)22-20(23)21(24-6)10-8-9-14(2)13-21/h11-12,14,17H,7-10,13H2,1-6H3,(H,22,23)/t14-,17+,21-/m1/s1.